The highest BCUT2D eigenvalue weighted by atomic mass is 28.4. The van der Waals surface area contributed by atoms with Gasteiger partial charge in [0, 0.05) is 0 Å². The van der Waals surface area contributed by atoms with Crippen LogP contribution in [0.3, 0.4) is 0 Å². The fourth-order valence-electron chi connectivity index (χ4n) is 2.15. The lowest BCUT2D eigenvalue weighted by atomic mass is 10.1. The third-order valence-electron chi connectivity index (χ3n) is 2.84. The minimum Gasteiger partial charge on any atom is -0.544 e. The van der Waals surface area contributed by atoms with E-state index in [0.29, 0.717) is 12.6 Å². The number of allylic oxidation sites excluding steroid dienone is 2. The fraction of sp³-hybridized carbons (Fsp3) is 0.750. The van der Waals surface area contributed by atoms with Crippen molar-refractivity contribution in [3.05, 3.63) is 23.4 Å². The van der Waals surface area contributed by atoms with Crippen LogP contribution in [0, 0.1) is 0 Å². The molecule has 0 radical (unpaired) electrons. The van der Waals surface area contributed by atoms with Crippen LogP contribution >= 0.6 is 0 Å². The Balaban J connectivity index is 3.15. The molecule has 0 aromatic carbocycles. The third kappa shape index (κ3) is 7.22. The highest BCUT2D eigenvalue weighted by Gasteiger charge is 2.27. The van der Waals surface area contributed by atoms with Gasteiger partial charge in [0.2, 0.25) is 16.6 Å². The number of hydrogen-bond acceptors (Lipinski definition) is 3. The van der Waals surface area contributed by atoms with Crippen molar-refractivity contribution >= 4 is 16.6 Å². The van der Waals surface area contributed by atoms with Crippen molar-refractivity contribution in [2.24, 2.45) is 0 Å². The van der Waals surface area contributed by atoms with E-state index in [9.17, 15) is 0 Å². The van der Waals surface area contributed by atoms with Crippen molar-refractivity contribution in [2.75, 3.05) is 6.61 Å². The maximum Gasteiger partial charge on any atom is 0.272 e. The lowest BCUT2D eigenvalue weighted by Crippen LogP contribution is -2.28. The molecule has 0 fully saturated rings. The van der Waals surface area contributed by atoms with Crippen molar-refractivity contribution in [3.63, 3.8) is 0 Å². The van der Waals surface area contributed by atoms with Gasteiger partial charge in [0.15, 0.2) is 0 Å². The Morgan fingerprint density at radius 1 is 1.05 bits per heavy atom. The minimum atomic E-state index is -1.70. The summed E-state index contributed by atoms with van der Waals surface area (Å²) in [5.41, 5.74) is 1.14. The van der Waals surface area contributed by atoms with Crippen LogP contribution in [0.2, 0.25) is 39.3 Å². The molecule has 21 heavy (non-hydrogen) atoms. The zero-order valence-electron chi connectivity index (χ0n) is 14.8. The van der Waals surface area contributed by atoms with Crippen molar-refractivity contribution in [1.29, 1.82) is 0 Å². The third-order valence-corrected chi connectivity index (χ3v) is 4.47. The molecule has 3 nitrogen and oxygen atoms in total. The molecule has 0 aromatic rings. The maximum absolute atomic E-state index is 6.31. The predicted octanol–water partition coefficient (Wildman–Crippen LogP) is 5.40. The molecular weight excluding hydrogens is 296 g/mol. The lowest BCUT2D eigenvalue weighted by molar-refractivity contribution is 0.106. The van der Waals surface area contributed by atoms with Gasteiger partial charge in [-0.15, -0.1) is 0 Å². The van der Waals surface area contributed by atoms with Crippen molar-refractivity contribution in [2.45, 2.75) is 71.9 Å². The first-order valence-corrected chi connectivity index (χ1v) is 14.9. The molecule has 0 aliphatic heterocycles. The molecule has 0 unspecified atom stereocenters. The standard InChI is InChI=1S/C16H32O3Si2/c1-8-17-16(19-21(5,6)7)14-12-10-9-11-13-15(14)18-20(2,3)4/h13H,8-12H2,1-7H3/b16-14+. The second-order valence-corrected chi connectivity index (χ2v) is 16.3. The summed E-state index contributed by atoms with van der Waals surface area (Å²) in [4.78, 5) is 0. The van der Waals surface area contributed by atoms with E-state index in [1.54, 1.807) is 0 Å². The van der Waals surface area contributed by atoms with E-state index in [1.165, 1.54) is 6.42 Å². The van der Waals surface area contributed by atoms with E-state index in [1.807, 2.05) is 6.92 Å². The molecule has 1 rings (SSSR count). The minimum absolute atomic E-state index is 0.629. The van der Waals surface area contributed by atoms with Gasteiger partial charge < -0.3 is 13.6 Å². The van der Waals surface area contributed by atoms with Crippen LogP contribution in [0.5, 0.6) is 0 Å². The van der Waals surface area contributed by atoms with Gasteiger partial charge in [0.25, 0.3) is 5.95 Å². The van der Waals surface area contributed by atoms with Crippen LogP contribution in [-0.2, 0) is 13.6 Å². The Hall–Kier alpha value is -0.686. The Kier molecular flexibility index (Phi) is 6.59. The quantitative estimate of drug-likeness (QED) is 0.483. The zero-order chi connectivity index (χ0) is 16.1. The van der Waals surface area contributed by atoms with Crippen LogP contribution in [-0.4, -0.2) is 23.2 Å². The smallest absolute Gasteiger partial charge is 0.272 e. The van der Waals surface area contributed by atoms with Crippen LogP contribution in [0.15, 0.2) is 23.4 Å². The lowest BCUT2D eigenvalue weighted by Gasteiger charge is -2.27. The van der Waals surface area contributed by atoms with Gasteiger partial charge in [-0.25, -0.2) is 0 Å². The molecule has 0 saturated heterocycles. The molecule has 122 valence electrons. The zero-order valence-corrected chi connectivity index (χ0v) is 16.8. The summed E-state index contributed by atoms with van der Waals surface area (Å²) in [5, 5.41) is 0. The largest absolute Gasteiger partial charge is 0.544 e. The van der Waals surface area contributed by atoms with Gasteiger partial charge in [-0.3, -0.25) is 0 Å². The van der Waals surface area contributed by atoms with Crippen molar-refractivity contribution < 1.29 is 13.6 Å². The van der Waals surface area contributed by atoms with E-state index in [2.05, 4.69) is 45.4 Å². The molecule has 1 aliphatic rings. The highest BCUT2D eigenvalue weighted by molar-refractivity contribution is 6.70. The number of hydrogen-bond donors (Lipinski definition) is 0. The van der Waals surface area contributed by atoms with Crippen molar-refractivity contribution in [3.8, 4) is 0 Å². The summed E-state index contributed by atoms with van der Waals surface area (Å²) in [6.07, 6.45) is 6.66. The van der Waals surface area contributed by atoms with Crippen LogP contribution < -0.4 is 0 Å². The Bertz CT molecular complexity index is 401. The molecule has 0 N–H and O–H groups in total. The molecular formula is C16H32O3Si2. The monoisotopic (exact) mass is 328 g/mol. The predicted molar refractivity (Wildman–Crippen MR) is 94.1 cm³/mol. The molecule has 0 aromatic heterocycles. The van der Waals surface area contributed by atoms with Gasteiger partial charge in [-0.05, 0) is 78.0 Å². The molecule has 0 atom stereocenters. The summed E-state index contributed by atoms with van der Waals surface area (Å²) in [6.45, 7) is 15.9. The first kappa shape index (κ1) is 18.4. The average molecular weight is 329 g/mol. The fourth-order valence-corrected chi connectivity index (χ4v) is 3.75. The Labute approximate surface area is 132 Å². The number of rotatable bonds is 6. The first-order valence-electron chi connectivity index (χ1n) is 8.07. The number of ether oxygens (including phenoxy) is 1. The van der Waals surface area contributed by atoms with E-state index < -0.39 is 16.6 Å². The normalized spacial score (nSPS) is 19.5. The summed E-state index contributed by atoms with van der Waals surface area (Å²) < 4.78 is 18.4. The Morgan fingerprint density at radius 3 is 2.24 bits per heavy atom. The molecule has 5 heteroatoms. The second-order valence-electron chi connectivity index (χ2n) is 7.44. The SMILES string of the molecule is CCO/C(O[Si](C)(C)C)=C1/CCCCC=C1O[Si](C)(C)C. The van der Waals surface area contributed by atoms with E-state index in [4.69, 9.17) is 13.6 Å². The summed E-state index contributed by atoms with van der Waals surface area (Å²) in [5.74, 6) is 1.72. The van der Waals surface area contributed by atoms with Crippen LogP contribution in [0.4, 0.5) is 0 Å². The summed E-state index contributed by atoms with van der Waals surface area (Å²) in [6, 6.07) is 0. The van der Waals surface area contributed by atoms with Gasteiger partial charge in [0.05, 0.1) is 12.2 Å². The average Bonchev–Trinajstić information content (AvgIpc) is 2.50. The van der Waals surface area contributed by atoms with E-state index in [0.717, 1.165) is 30.6 Å². The maximum atomic E-state index is 6.31. The molecule has 1 aliphatic carbocycles. The summed E-state index contributed by atoms with van der Waals surface area (Å²) in [7, 11) is -3.34. The molecule has 0 saturated carbocycles. The Morgan fingerprint density at radius 2 is 1.71 bits per heavy atom. The molecule has 0 bridgehead atoms. The molecule has 0 spiro atoms. The highest BCUT2D eigenvalue weighted by Crippen LogP contribution is 2.31. The van der Waals surface area contributed by atoms with Gasteiger partial charge in [-0.1, -0.05) is 0 Å². The van der Waals surface area contributed by atoms with Crippen LogP contribution in [0.25, 0.3) is 0 Å². The van der Waals surface area contributed by atoms with Crippen molar-refractivity contribution in [1.82, 2.24) is 0 Å². The summed E-state index contributed by atoms with van der Waals surface area (Å²) >= 11 is 0. The van der Waals surface area contributed by atoms with E-state index in [-0.39, 0.29) is 0 Å². The topological polar surface area (TPSA) is 27.7 Å². The molecule has 0 amide bonds. The molecule has 0 heterocycles. The van der Waals surface area contributed by atoms with Gasteiger partial charge in [-0.2, -0.15) is 0 Å². The first-order chi connectivity index (χ1) is 9.62. The van der Waals surface area contributed by atoms with Gasteiger partial charge in [0.1, 0.15) is 5.76 Å². The van der Waals surface area contributed by atoms with Gasteiger partial charge >= 0.3 is 0 Å². The second kappa shape index (κ2) is 7.54. The van der Waals surface area contributed by atoms with Crippen LogP contribution in [0.1, 0.15) is 32.6 Å². The van der Waals surface area contributed by atoms with E-state index >= 15 is 0 Å².